The van der Waals surface area contributed by atoms with Gasteiger partial charge in [0, 0.05) is 18.7 Å². The minimum absolute atomic E-state index is 0.133. The van der Waals surface area contributed by atoms with Crippen LogP contribution in [0.5, 0.6) is 0 Å². The number of carbonyl (C=O) groups excluding carboxylic acids is 1. The van der Waals surface area contributed by atoms with E-state index in [0.717, 1.165) is 18.7 Å². The normalized spacial score (nSPS) is 23.0. The van der Waals surface area contributed by atoms with Gasteiger partial charge in [-0.15, -0.1) is 0 Å². The lowest BCUT2D eigenvalue weighted by Gasteiger charge is -2.13. The predicted molar refractivity (Wildman–Crippen MR) is 44.0 cm³/mol. The minimum Gasteiger partial charge on any atom is -0.387 e. The Morgan fingerprint density at radius 1 is 1.91 bits per heavy atom. The zero-order valence-electron chi connectivity index (χ0n) is 6.81. The second kappa shape index (κ2) is 3.42. The molecule has 1 amide bonds. The van der Waals surface area contributed by atoms with Crippen LogP contribution in [0.3, 0.4) is 0 Å². The van der Waals surface area contributed by atoms with E-state index in [4.69, 9.17) is 0 Å². The molecule has 1 aliphatic rings. The van der Waals surface area contributed by atoms with Crippen LogP contribution in [-0.2, 0) is 4.79 Å². The molecule has 0 radical (unpaired) electrons. The van der Waals surface area contributed by atoms with E-state index in [1.807, 2.05) is 6.92 Å². The first-order valence-corrected chi connectivity index (χ1v) is 3.96. The van der Waals surface area contributed by atoms with Gasteiger partial charge in [0.05, 0.1) is 6.04 Å². The van der Waals surface area contributed by atoms with E-state index in [9.17, 15) is 4.79 Å². The van der Waals surface area contributed by atoms with Crippen molar-refractivity contribution in [3.05, 3.63) is 12.3 Å². The van der Waals surface area contributed by atoms with Crippen LogP contribution < -0.4 is 10.6 Å². The summed E-state index contributed by atoms with van der Waals surface area (Å²) < 4.78 is 0. The molecule has 1 heterocycles. The van der Waals surface area contributed by atoms with Crippen molar-refractivity contribution >= 4 is 5.91 Å². The molecule has 2 N–H and O–H groups in total. The quantitative estimate of drug-likeness (QED) is 0.617. The Morgan fingerprint density at radius 3 is 3.09 bits per heavy atom. The molecular formula is C8H14N2O. The van der Waals surface area contributed by atoms with Gasteiger partial charge in [-0.05, 0) is 13.3 Å². The predicted octanol–water partition coefficient (Wildman–Crippen LogP) is 0.388. The number of hydrogen-bond acceptors (Lipinski definition) is 2. The second-order valence-electron chi connectivity index (χ2n) is 2.71. The molecule has 0 aromatic carbocycles. The van der Waals surface area contributed by atoms with Crippen molar-refractivity contribution in [1.29, 1.82) is 0 Å². The summed E-state index contributed by atoms with van der Waals surface area (Å²) in [4.78, 5) is 10.8. The summed E-state index contributed by atoms with van der Waals surface area (Å²) in [6.07, 6.45) is 1.51. The second-order valence-corrected chi connectivity index (χ2v) is 2.71. The highest BCUT2D eigenvalue weighted by Crippen LogP contribution is 2.11. The van der Waals surface area contributed by atoms with E-state index < -0.39 is 0 Å². The van der Waals surface area contributed by atoms with Crippen LogP contribution in [0.2, 0.25) is 0 Å². The molecule has 1 atom stereocenters. The molecule has 1 rings (SSSR count). The number of amides is 1. The van der Waals surface area contributed by atoms with Crippen LogP contribution in [-0.4, -0.2) is 18.5 Å². The highest BCUT2D eigenvalue weighted by molar-refractivity contribution is 5.79. The lowest BCUT2D eigenvalue weighted by molar-refractivity contribution is -0.119. The van der Waals surface area contributed by atoms with E-state index in [1.165, 1.54) is 0 Å². The van der Waals surface area contributed by atoms with Crippen LogP contribution in [0.25, 0.3) is 0 Å². The zero-order valence-corrected chi connectivity index (χ0v) is 6.81. The Kier molecular flexibility index (Phi) is 2.52. The molecule has 11 heavy (non-hydrogen) atoms. The van der Waals surface area contributed by atoms with Gasteiger partial charge in [0.1, 0.15) is 0 Å². The molecular weight excluding hydrogens is 140 g/mol. The van der Waals surface area contributed by atoms with E-state index in [0.29, 0.717) is 6.42 Å². The van der Waals surface area contributed by atoms with E-state index in [-0.39, 0.29) is 11.9 Å². The summed E-state index contributed by atoms with van der Waals surface area (Å²) in [5, 5.41) is 5.94. The Hall–Kier alpha value is -0.990. The molecule has 3 nitrogen and oxygen atoms in total. The first-order chi connectivity index (χ1) is 5.24. The fraction of sp³-hybridized carbons (Fsp3) is 0.625. The van der Waals surface area contributed by atoms with Gasteiger partial charge in [0.2, 0.25) is 5.91 Å². The first-order valence-electron chi connectivity index (χ1n) is 3.96. The van der Waals surface area contributed by atoms with Crippen molar-refractivity contribution in [2.45, 2.75) is 25.8 Å². The van der Waals surface area contributed by atoms with E-state index in [1.54, 1.807) is 0 Å². The third kappa shape index (κ3) is 1.97. The fourth-order valence-electron chi connectivity index (χ4n) is 1.23. The maximum absolute atomic E-state index is 10.8. The van der Waals surface area contributed by atoms with Crippen LogP contribution in [0.15, 0.2) is 12.3 Å². The summed E-state index contributed by atoms with van der Waals surface area (Å²) in [6, 6.07) is 0.155. The van der Waals surface area contributed by atoms with Crippen molar-refractivity contribution < 1.29 is 4.79 Å². The number of rotatable bonds is 3. The molecule has 62 valence electrons. The van der Waals surface area contributed by atoms with Crippen LogP contribution in [0.4, 0.5) is 0 Å². The zero-order chi connectivity index (χ0) is 8.27. The van der Waals surface area contributed by atoms with Gasteiger partial charge in [-0.2, -0.15) is 0 Å². The molecule has 1 aliphatic heterocycles. The van der Waals surface area contributed by atoms with E-state index >= 15 is 0 Å². The SMILES string of the molecule is C=C(NCC)[C@H]1CCC(=O)N1. The first kappa shape index (κ1) is 8.11. The number of nitrogens with one attached hydrogen (secondary N) is 2. The largest absolute Gasteiger partial charge is 0.387 e. The summed E-state index contributed by atoms with van der Waals surface area (Å²) in [6.45, 7) is 6.72. The van der Waals surface area contributed by atoms with Gasteiger partial charge in [0.15, 0.2) is 0 Å². The van der Waals surface area contributed by atoms with Gasteiger partial charge in [0.25, 0.3) is 0 Å². The molecule has 3 heteroatoms. The third-order valence-corrected chi connectivity index (χ3v) is 1.82. The summed E-state index contributed by atoms with van der Waals surface area (Å²) in [5.74, 6) is 0.133. The Balaban J connectivity index is 2.37. The van der Waals surface area contributed by atoms with Gasteiger partial charge >= 0.3 is 0 Å². The lowest BCUT2D eigenvalue weighted by Crippen LogP contribution is -2.32. The molecule has 0 unspecified atom stereocenters. The van der Waals surface area contributed by atoms with Crippen molar-refractivity contribution in [1.82, 2.24) is 10.6 Å². The minimum atomic E-state index is 0.133. The van der Waals surface area contributed by atoms with Crippen LogP contribution in [0.1, 0.15) is 19.8 Å². The molecule has 0 aromatic rings. The molecule has 1 fully saturated rings. The topological polar surface area (TPSA) is 41.1 Å². The highest BCUT2D eigenvalue weighted by atomic mass is 16.1. The van der Waals surface area contributed by atoms with Gasteiger partial charge in [-0.25, -0.2) is 0 Å². The fourth-order valence-corrected chi connectivity index (χ4v) is 1.23. The number of hydrogen-bond donors (Lipinski definition) is 2. The van der Waals surface area contributed by atoms with Crippen LogP contribution in [0, 0.1) is 0 Å². The molecule has 0 aromatic heterocycles. The highest BCUT2D eigenvalue weighted by Gasteiger charge is 2.22. The van der Waals surface area contributed by atoms with Crippen molar-refractivity contribution in [3.63, 3.8) is 0 Å². The summed E-state index contributed by atoms with van der Waals surface area (Å²) >= 11 is 0. The number of likely N-dealkylation sites (N-methyl/N-ethyl adjacent to an activating group) is 1. The summed E-state index contributed by atoms with van der Waals surface area (Å²) in [7, 11) is 0. The van der Waals surface area contributed by atoms with Gasteiger partial charge in [-0.3, -0.25) is 4.79 Å². The Bertz CT molecular complexity index is 177. The molecule has 0 saturated carbocycles. The Morgan fingerprint density at radius 2 is 2.64 bits per heavy atom. The van der Waals surface area contributed by atoms with Gasteiger partial charge < -0.3 is 10.6 Å². The smallest absolute Gasteiger partial charge is 0.220 e. The number of carbonyl (C=O) groups is 1. The lowest BCUT2D eigenvalue weighted by atomic mass is 10.2. The monoisotopic (exact) mass is 154 g/mol. The molecule has 1 saturated heterocycles. The van der Waals surface area contributed by atoms with Crippen LogP contribution >= 0.6 is 0 Å². The maximum Gasteiger partial charge on any atom is 0.220 e. The van der Waals surface area contributed by atoms with Crippen molar-refractivity contribution in [3.8, 4) is 0 Å². The molecule has 0 spiro atoms. The summed E-state index contributed by atoms with van der Waals surface area (Å²) in [5.41, 5.74) is 0.929. The average molecular weight is 154 g/mol. The molecule has 0 bridgehead atoms. The Labute approximate surface area is 66.9 Å². The maximum atomic E-state index is 10.8. The standard InChI is InChI=1S/C8H14N2O/c1-3-9-6(2)7-4-5-8(11)10-7/h7,9H,2-5H2,1H3,(H,10,11)/t7-/m1/s1. The molecule has 0 aliphatic carbocycles. The van der Waals surface area contributed by atoms with Gasteiger partial charge in [-0.1, -0.05) is 6.58 Å². The third-order valence-electron chi connectivity index (χ3n) is 1.82. The van der Waals surface area contributed by atoms with Crippen molar-refractivity contribution in [2.75, 3.05) is 6.54 Å². The average Bonchev–Trinajstić information content (AvgIpc) is 2.36. The van der Waals surface area contributed by atoms with E-state index in [2.05, 4.69) is 17.2 Å². The van der Waals surface area contributed by atoms with Crippen molar-refractivity contribution in [2.24, 2.45) is 0 Å².